The van der Waals surface area contributed by atoms with E-state index in [2.05, 4.69) is 60.8 Å². The van der Waals surface area contributed by atoms with Gasteiger partial charge in [0.2, 0.25) is 5.91 Å². The molecule has 1 aliphatic heterocycles. The van der Waals surface area contributed by atoms with E-state index in [9.17, 15) is 4.79 Å². The summed E-state index contributed by atoms with van der Waals surface area (Å²) in [5.41, 5.74) is 2.03. The third kappa shape index (κ3) is 2.58. The van der Waals surface area contributed by atoms with Crippen molar-refractivity contribution < 1.29 is 4.79 Å². The van der Waals surface area contributed by atoms with Crippen LogP contribution in [0.3, 0.4) is 0 Å². The normalized spacial score (nSPS) is 22.1. The van der Waals surface area contributed by atoms with Gasteiger partial charge in [-0.25, -0.2) is 0 Å². The molecule has 108 valence electrons. The first-order valence-corrected chi connectivity index (χ1v) is 7.60. The maximum atomic E-state index is 12.6. The molecular formula is C19H21NO. The van der Waals surface area contributed by atoms with Gasteiger partial charge in [-0.3, -0.25) is 4.79 Å². The zero-order chi connectivity index (χ0) is 14.7. The van der Waals surface area contributed by atoms with Gasteiger partial charge >= 0.3 is 0 Å². The molecule has 2 aromatic rings. The fraction of sp³-hybridized carbons (Fsp3) is 0.316. The molecule has 1 atom stereocenters. The Morgan fingerprint density at radius 2 is 1.48 bits per heavy atom. The minimum atomic E-state index is -0.388. The number of piperidine rings is 1. The van der Waals surface area contributed by atoms with Gasteiger partial charge in [0.1, 0.15) is 0 Å². The molecule has 0 bridgehead atoms. The van der Waals surface area contributed by atoms with Crippen LogP contribution in [0.4, 0.5) is 0 Å². The maximum absolute atomic E-state index is 12.6. The van der Waals surface area contributed by atoms with E-state index in [0.29, 0.717) is 0 Å². The summed E-state index contributed by atoms with van der Waals surface area (Å²) in [6, 6.07) is 20.8. The molecule has 2 heteroatoms. The van der Waals surface area contributed by atoms with Crippen LogP contribution in [-0.4, -0.2) is 12.5 Å². The number of amides is 1. The number of carbonyl (C=O) groups is 1. The Bertz CT molecular complexity index is 568. The van der Waals surface area contributed by atoms with Gasteiger partial charge in [-0.2, -0.15) is 0 Å². The molecule has 1 aliphatic rings. The molecule has 1 heterocycles. The van der Waals surface area contributed by atoms with Gasteiger partial charge in [-0.15, -0.1) is 0 Å². The number of rotatable bonds is 3. The van der Waals surface area contributed by atoms with Crippen molar-refractivity contribution in [3.63, 3.8) is 0 Å². The van der Waals surface area contributed by atoms with Crippen LogP contribution in [0, 0.1) is 5.41 Å². The van der Waals surface area contributed by atoms with E-state index in [1.54, 1.807) is 0 Å². The highest BCUT2D eigenvalue weighted by atomic mass is 16.2. The number of nitrogens with one attached hydrogen (secondary N) is 1. The largest absolute Gasteiger partial charge is 0.356 e. The molecule has 1 fully saturated rings. The second-order valence-corrected chi connectivity index (χ2v) is 6.03. The Hall–Kier alpha value is -2.09. The second-order valence-electron chi connectivity index (χ2n) is 6.03. The van der Waals surface area contributed by atoms with Crippen LogP contribution in [-0.2, 0) is 4.79 Å². The van der Waals surface area contributed by atoms with Crippen molar-refractivity contribution in [1.82, 2.24) is 5.32 Å². The van der Waals surface area contributed by atoms with Crippen LogP contribution in [0.2, 0.25) is 0 Å². The van der Waals surface area contributed by atoms with Crippen molar-refractivity contribution in [2.45, 2.75) is 25.7 Å². The van der Waals surface area contributed by atoms with Crippen LogP contribution in [0.25, 0.3) is 0 Å². The highest BCUT2D eigenvalue weighted by Gasteiger charge is 2.43. The lowest BCUT2D eigenvalue weighted by Crippen LogP contribution is -2.47. The highest BCUT2D eigenvalue weighted by molar-refractivity contribution is 5.84. The summed E-state index contributed by atoms with van der Waals surface area (Å²) in [5, 5.41) is 3.05. The van der Waals surface area contributed by atoms with Crippen LogP contribution in [0.15, 0.2) is 60.7 Å². The molecule has 21 heavy (non-hydrogen) atoms. The summed E-state index contributed by atoms with van der Waals surface area (Å²) in [6.07, 6.45) is 1.96. The van der Waals surface area contributed by atoms with E-state index < -0.39 is 0 Å². The Morgan fingerprint density at radius 3 is 1.95 bits per heavy atom. The maximum Gasteiger partial charge on any atom is 0.226 e. The van der Waals surface area contributed by atoms with Crippen LogP contribution < -0.4 is 5.32 Å². The smallest absolute Gasteiger partial charge is 0.226 e. The fourth-order valence-electron chi connectivity index (χ4n) is 3.47. The third-order valence-corrected chi connectivity index (χ3v) is 4.58. The van der Waals surface area contributed by atoms with Crippen LogP contribution >= 0.6 is 0 Å². The zero-order valence-electron chi connectivity index (χ0n) is 12.4. The Kier molecular flexibility index (Phi) is 3.78. The first-order valence-electron chi connectivity index (χ1n) is 7.60. The first-order chi connectivity index (χ1) is 10.2. The molecule has 1 amide bonds. The molecular weight excluding hydrogens is 258 g/mol. The number of benzene rings is 2. The monoisotopic (exact) mass is 279 g/mol. The molecule has 0 spiro atoms. The molecule has 1 N–H and O–H groups in total. The Balaban J connectivity index is 2.10. The minimum absolute atomic E-state index is 0.0974. The molecule has 0 aliphatic carbocycles. The van der Waals surface area contributed by atoms with Gasteiger partial charge in [0.25, 0.3) is 0 Å². The van der Waals surface area contributed by atoms with Gasteiger partial charge in [-0.05, 0) is 30.9 Å². The van der Waals surface area contributed by atoms with Gasteiger partial charge in [-0.1, -0.05) is 60.7 Å². The quantitative estimate of drug-likeness (QED) is 0.911. The lowest BCUT2D eigenvalue weighted by molar-refractivity contribution is -0.133. The predicted molar refractivity (Wildman–Crippen MR) is 85.1 cm³/mol. The molecule has 0 saturated carbocycles. The molecule has 0 aromatic heterocycles. The average molecular weight is 279 g/mol. The molecule has 1 saturated heterocycles. The predicted octanol–water partition coefficient (Wildman–Crippen LogP) is 3.73. The average Bonchev–Trinajstić information content (AvgIpc) is 2.53. The molecule has 2 nitrogen and oxygen atoms in total. The van der Waals surface area contributed by atoms with Crippen molar-refractivity contribution in [3.05, 3.63) is 71.8 Å². The molecule has 0 radical (unpaired) electrons. The SMILES string of the molecule is CC1(C(c2ccccc2)c2ccccc2)CCCNC1=O. The van der Waals surface area contributed by atoms with E-state index >= 15 is 0 Å². The lowest BCUT2D eigenvalue weighted by Gasteiger charge is -2.40. The number of hydrogen-bond donors (Lipinski definition) is 1. The summed E-state index contributed by atoms with van der Waals surface area (Å²) in [6.45, 7) is 2.90. The Morgan fingerprint density at radius 1 is 0.952 bits per heavy atom. The van der Waals surface area contributed by atoms with Gasteiger partial charge in [0.15, 0.2) is 0 Å². The summed E-state index contributed by atoms with van der Waals surface area (Å²) >= 11 is 0. The Labute approximate surface area is 126 Å². The molecule has 1 unspecified atom stereocenters. The van der Waals surface area contributed by atoms with Gasteiger partial charge in [0.05, 0.1) is 5.41 Å². The summed E-state index contributed by atoms with van der Waals surface area (Å²) in [5.74, 6) is 0.270. The van der Waals surface area contributed by atoms with Crippen molar-refractivity contribution >= 4 is 5.91 Å². The van der Waals surface area contributed by atoms with Crippen molar-refractivity contribution in [2.75, 3.05) is 6.54 Å². The van der Waals surface area contributed by atoms with Crippen LogP contribution in [0.1, 0.15) is 36.8 Å². The minimum Gasteiger partial charge on any atom is -0.356 e. The van der Waals surface area contributed by atoms with Crippen molar-refractivity contribution in [2.24, 2.45) is 5.41 Å². The highest BCUT2D eigenvalue weighted by Crippen LogP contribution is 2.45. The molecule has 3 rings (SSSR count). The van der Waals surface area contributed by atoms with E-state index in [1.165, 1.54) is 11.1 Å². The number of hydrogen-bond acceptors (Lipinski definition) is 1. The van der Waals surface area contributed by atoms with Crippen LogP contribution in [0.5, 0.6) is 0 Å². The number of carbonyl (C=O) groups excluding carboxylic acids is 1. The van der Waals surface area contributed by atoms with Crippen molar-refractivity contribution in [1.29, 1.82) is 0 Å². The second kappa shape index (κ2) is 5.72. The standard InChI is InChI=1S/C19H21NO/c1-19(13-8-14-20-18(19)21)17(15-9-4-2-5-10-15)16-11-6-3-7-12-16/h2-7,9-12,17H,8,13-14H2,1H3,(H,20,21). The summed E-state index contributed by atoms with van der Waals surface area (Å²) in [7, 11) is 0. The van der Waals surface area contributed by atoms with Crippen molar-refractivity contribution in [3.8, 4) is 0 Å². The van der Waals surface area contributed by atoms with Gasteiger partial charge < -0.3 is 5.32 Å². The fourth-order valence-corrected chi connectivity index (χ4v) is 3.47. The summed E-state index contributed by atoms with van der Waals surface area (Å²) < 4.78 is 0. The lowest BCUT2D eigenvalue weighted by atomic mass is 9.66. The van der Waals surface area contributed by atoms with E-state index in [0.717, 1.165) is 19.4 Å². The topological polar surface area (TPSA) is 29.1 Å². The van der Waals surface area contributed by atoms with E-state index in [1.807, 2.05) is 12.1 Å². The molecule has 2 aromatic carbocycles. The van der Waals surface area contributed by atoms with Gasteiger partial charge in [0, 0.05) is 12.5 Å². The third-order valence-electron chi connectivity index (χ3n) is 4.58. The first kappa shape index (κ1) is 13.9. The summed E-state index contributed by atoms with van der Waals surface area (Å²) in [4.78, 5) is 12.6. The zero-order valence-corrected chi connectivity index (χ0v) is 12.4. The van der Waals surface area contributed by atoms with E-state index in [-0.39, 0.29) is 17.2 Å². The van der Waals surface area contributed by atoms with E-state index in [4.69, 9.17) is 0 Å².